The average Bonchev–Trinajstić information content (AvgIpc) is 3.45. The quantitative estimate of drug-likeness (QED) is 0.209. The summed E-state index contributed by atoms with van der Waals surface area (Å²) in [4.78, 5) is 12.9. The van der Waals surface area contributed by atoms with E-state index < -0.39 is 0 Å². The molecule has 0 fully saturated rings. The standard InChI is InChI=1S/C41H28N4/c1-3-14-28(15-4-1)38-34-22-9-10-23-35(34)41-43-39(29-16-5-2-6-17-29)42-40(45(38)41)32-20-13-21-33(27-32)44-36-24-11-7-18-30(36)26-31-19-8-12-25-37(31)44/h1-25,27H,26H2. The maximum atomic E-state index is 5.33. The Bertz CT molecular complexity index is 2310. The van der Waals surface area contributed by atoms with Crippen LogP contribution in [0.25, 0.3) is 50.5 Å². The van der Waals surface area contributed by atoms with Crippen LogP contribution < -0.4 is 4.90 Å². The summed E-state index contributed by atoms with van der Waals surface area (Å²) in [5.74, 6) is 1.56. The molecule has 8 aromatic rings. The zero-order chi connectivity index (χ0) is 29.7. The van der Waals surface area contributed by atoms with Crippen LogP contribution in [0.2, 0.25) is 0 Å². The van der Waals surface area contributed by atoms with E-state index in [1.807, 2.05) is 18.2 Å². The zero-order valence-electron chi connectivity index (χ0n) is 24.5. The summed E-state index contributed by atoms with van der Waals surface area (Å²) in [7, 11) is 0. The number of para-hydroxylation sites is 2. The Morgan fingerprint density at radius 3 is 1.76 bits per heavy atom. The fraction of sp³-hybridized carbons (Fsp3) is 0.0244. The van der Waals surface area contributed by atoms with E-state index in [4.69, 9.17) is 9.97 Å². The Morgan fingerprint density at radius 1 is 0.467 bits per heavy atom. The number of rotatable bonds is 4. The summed E-state index contributed by atoms with van der Waals surface area (Å²) in [5.41, 5.74) is 11.3. The molecule has 0 bridgehead atoms. The highest BCUT2D eigenvalue weighted by molar-refractivity contribution is 6.06. The highest BCUT2D eigenvalue weighted by Gasteiger charge is 2.25. The number of anilines is 3. The van der Waals surface area contributed by atoms with Crippen LogP contribution in [0, 0.1) is 0 Å². The van der Waals surface area contributed by atoms with E-state index >= 15 is 0 Å². The van der Waals surface area contributed by atoms with E-state index in [2.05, 4.69) is 149 Å². The lowest BCUT2D eigenvalue weighted by Crippen LogP contribution is -2.18. The molecule has 0 aliphatic carbocycles. The van der Waals surface area contributed by atoms with E-state index in [1.165, 1.54) is 22.5 Å². The van der Waals surface area contributed by atoms with Gasteiger partial charge < -0.3 is 4.90 Å². The predicted molar refractivity (Wildman–Crippen MR) is 184 cm³/mol. The average molecular weight is 577 g/mol. The summed E-state index contributed by atoms with van der Waals surface area (Å²) in [6, 6.07) is 55.6. The van der Waals surface area contributed by atoms with Crippen LogP contribution in [0.15, 0.2) is 158 Å². The van der Waals surface area contributed by atoms with Crippen molar-refractivity contribution in [2.75, 3.05) is 4.90 Å². The van der Waals surface area contributed by atoms with Crippen LogP contribution in [0.1, 0.15) is 11.1 Å². The Hall–Kier alpha value is -6.00. The third-order valence-corrected chi connectivity index (χ3v) is 8.78. The maximum absolute atomic E-state index is 5.33. The molecular weight excluding hydrogens is 548 g/mol. The molecule has 0 atom stereocenters. The van der Waals surface area contributed by atoms with Crippen molar-refractivity contribution in [3.05, 3.63) is 169 Å². The lowest BCUT2D eigenvalue weighted by atomic mass is 9.95. The van der Waals surface area contributed by atoms with E-state index in [9.17, 15) is 0 Å². The molecule has 0 saturated carbocycles. The van der Waals surface area contributed by atoms with Crippen LogP contribution in [-0.4, -0.2) is 14.4 Å². The van der Waals surface area contributed by atoms with Crippen molar-refractivity contribution < 1.29 is 0 Å². The van der Waals surface area contributed by atoms with Gasteiger partial charge in [-0.1, -0.05) is 133 Å². The van der Waals surface area contributed by atoms with Crippen molar-refractivity contribution in [1.82, 2.24) is 14.4 Å². The van der Waals surface area contributed by atoms with Crippen molar-refractivity contribution in [2.45, 2.75) is 6.42 Å². The highest BCUT2D eigenvalue weighted by Crippen LogP contribution is 2.45. The largest absolute Gasteiger partial charge is 0.310 e. The van der Waals surface area contributed by atoms with Gasteiger partial charge in [-0.05, 0) is 41.0 Å². The second-order valence-corrected chi connectivity index (χ2v) is 11.5. The van der Waals surface area contributed by atoms with Crippen LogP contribution in [0.4, 0.5) is 17.1 Å². The van der Waals surface area contributed by atoms with Gasteiger partial charge in [0.25, 0.3) is 0 Å². The van der Waals surface area contributed by atoms with Crippen molar-refractivity contribution in [3.63, 3.8) is 0 Å². The smallest absolute Gasteiger partial charge is 0.163 e. The minimum absolute atomic E-state index is 0.708. The Morgan fingerprint density at radius 2 is 1.04 bits per heavy atom. The van der Waals surface area contributed by atoms with Gasteiger partial charge in [-0.25, -0.2) is 9.97 Å². The molecule has 45 heavy (non-hydrogen) atoms. The predicted octanol–water partition coefficient (Wildman–Crippen LogP) is 10.3. The van der Waals surface area contributed by atoms with Gasteiger partial charge >= 0.3 is 0 Å². The third-order valence-electron chi connectivity index (χ3n) is 8.78. The number of aromatic nitrogens is 3. The second kappa shape index (κ2) is 10.3. The summed E-state index contributed by atoms with van der Waals surface area (Å²) in [6.45, 7) is 0. The summed E-state index contributed by atoms with van der Waals surface area (Å²) in [5, 5.41) is 2.26. The van der Waals surface area contributed by atoms with Crippen LogP contribution in [0.5, 0.6) is 0 Å². The number of hydrogen-bond acceptors (Lipinski definition) is 3. The van der Waals surface area contributed by atoms with Crippen LogP contribution in [-0.2, 0) is 6.42 Å². The highest BCUT2D eigenvalue weighted by atomic mass is 15.2. The van der Waals surface area contributed by atoms with Crippen molar-refractivity contribution in [3.8, 4) is 34.0 Å². The first-order valence-corrected chi connectivity index (χ1v) is 15.3. The minimum Gasteiger partial charge on any atom is -0.310 e. The molecule has 6 aromatic carbocycles. The molecule has 0 N–H and O–H groups in total. The molecule has 4 nitrogen and oxygen atoms in total. The Balaban J connectivity index is 1.34. The van der Waals surface area contributed by atoms with Gasteiger partial charge in [0.2, 0.25) is 0 Å². The first-order valence-electron chi connectivity index (χ1n) is 15.3. The SMILES string of the molecule is c1ccc(-c2nc(-c3cccc(N4c5ccccc5Cc5ccccc54)c3)n3c(-c4ccccc4)c4ccccc4c3n2)cc1. The molecule has 0 spiro atoms. The number of nitrogens with zero attached hydrogens (tertiary/aromatic N) is 4. The molecule has 9 rings (SSSR count). The van der Waals surface area contributed by atoms with Crippen molar-refractivity contribution in [2.24, 2.45) is 0 Å². The van der Waals surface area contributed by atoms with Gasteiger partial charge in [0.1, 0.15) is 11.5 Å². The number of fused-ring (bicyclic) bond motifs is 5. The van der Waals surface area contributed by atoms with E-state index in [0.29, 0.717) is 5.82 Å². The van der Waals surface area contributed by atoms with Gasteiger partial charge in [-0.15, -0.1) is 0 Å². The minimum atomic E-state index is 0.708. The van der Waals surface area contributed by atoms with Gasteiger partial charge in [-0.3, -0.25) is 4.40 Å². The molecule has 0 radical (unpaired) electrons. The number of hydrogen-bond donors (Lipinski definition) is 0. The van der Waals surface area contributed by atoms with E-state index in [1.54, 1.807) is 0 Å². The zero-order valence-corrected chi connectivity index (χ0v) is 24.5. The van der Waals surface area contributed by atoms with Crippen LogP contribution in [0.3, 0.4) is 0 Å². The molecule has 212 valence electrons. The summed E-state index contributed by atoms with van der Waals surface area (Å²) in [6.07, 6.45) is 0.923. The molecule has 0 saturated heterocycles. The van der Waals surface area contributed by atoms with E-state index in [0.717, 1.165) is 56.7 Å². The van der Waals surface area contributed by atoms with Gasteiger partial charge in [0.05, 0.1) is 5.69 Å². The fourth-order valence-corrected chi connectivity index (χ4v) is 6.77. The molecule has 1 aliphatic heterocycles. The molecule has 2 aromatic heterocycles. The first kappa shape index (κ1) is 25.5. The molecule has 3 heterocycles. The topological polar surface area (TPSA) is 33.4 Å². The molecule has 0 unspecified atom stereocenters. The maximum Gasteiger partial charge on any atom is 0.163 e. The van der Waals surface area contributed by atoms with Crippen molar-refractivity contribution in [1.29, 1.82) is 0 Å². The number of benzene rings is 6. The summed E-state index contributed by atoms with van der Waals surface area (Å²) < 4.78 is 2.25. The molecular formula is C41H28N4. The molecule has 1 aliphatic rings. The van der Waals surface area contributed by atoms with E-state index in [-0.39, 0.29) is 0 Å². The normalized spacial score (nSPS) is 12.3. The first-order chi connectivity index (χ1) is 22.3. The molecule has 0 amide bonds. The lowest BCUT2D eigenvalue weighted by molar-refractivity contribution is 1.05. The van der Waals surface area contributed by atoms with Gasteiger partial charge in [0.15, 0.2) is 5.82 Å². The lowest BCUT2D eigenvalue weighted by Gasteiger charge is -2.33. The third kappa shape index (κ3) is 4.15. The Kier molecular flexibility index (Phi) is 5.85. The van der Waals surface area contributed by atoms with Gasteiger partial charge in [-0.2, -0.15) is 0 Å². The molecule has 4 heteroatoms. The Labute approximate surface area is 261 Å². The van der Waals surface area contributed by atoms with Gasteiger partial charge in [0, 0.05) is 45.4 Å². The van der Waals surface area contributed by atoms with Crippen LogP contribution >= 0.6 is 0 Å². The van der Waals surface area contributed by atoms with Crippen molar-refractivity contribution >= 4 is 33.5 Å². The summed E-state index contributed by atoms with van der Waals surface area (Å²) >= 11 is 0. The monoisotopic (exact) mass is 576 g/mol. The fourth-order valence-electron chi connectivity index (χ4n) is 6.77. The second-order valence-electron chi connectivity index (χ2n) is 11.5.